The van der Waals surface area contributed by atoms with Gasteiger partial charge in [-0.15, -0.1) is 6.58 Å². The fourth-order valence-corrected chi connectivity index (χ4v) is 3.50. The summed E-state index contributed by atoms with van der Waals surface area (Å²) < 4.78 is 25.3. The lowest BCUT2D eigenvalue weighted by Crippen LogP contribution is -2.22. The van der Waals surface area contributed by atoms with Crippen LogP contribution < -0.4 is 10.9 Å². The number of carbonyl (C=O) groups is 1. The van der Waals surface area contributed by atoms with Gasteiger partial charge in [-0.3, -0.25) is 14.3 Å². The quantitative estimate of drug-likeness (QED) is 0.576. The third-order valence-electron chi connectivity index (χ3n) is 3.90. The van der Waals surface area contributed by atoms with Crippen LogP contribution in [0.2, 0.25) is 0 Å². The Morgan fingerprint density at radius 1 is 1.36 bits per heavy atom. The van der Waals surface area contributed by atoms with Crippen molar-refractivity contribution < 1.29 is 13.2 Å². The minimum absolute atomic E-state index is 0.0201. The smallest absolute Gasteiger partial charge is 0.277 e. The van der Waals surface area contributed by atoms with Gasteiger partial charge in [-0.05, 0) is 31.5 Å². The van der Waals surface area contributed by atoms with Crippen molar-refractivity contribution in [2.75, 3.05) is 18.1 Å². The Hall–Kier alpha value is -2.61. The van der Waals surface area contributed by atoms with Gasteiger partial charge in [0, 0.05) is 31.1 Å². The number of nitrogens with one attached hydrogen (secondary N) is 2. The molecule has 0 atom stereocenters. The molecule has 0 saturated heterocycles. The molecule has 0 bridgehead atoms. The highest BCUT2D eigenvalue weighted by atomic mass is 32.2. The van der Waals surface area contributed by atoms with Crippen LogP contribution in [-0.4, -0.2) is 36.8 Å². The van der Waals surface area contributed by atoms with Crippen LogP contribution in [0.5, 0.6) is 0 Å². The van der Waals surface area contributed by atoms with E-state index in [4.69, 9.17) is 0 Å². The van der Waals surface area contributed by atoms with Crippen LogP contribution in [0.15, 0.2) is 40.7 Å². The van der Waals surface area contributed by atoms with Crippen molar-refractivity contribution in [3.8, 4) is 0 Å². The lowest BCUT2D eigenvalue weighted by Gasteiger charge is -2.15. The largest absolute Gasteiger partial charge is 0.380 e. The molecule has 0 unspecified atom stereocenters. The van der Waals surface area contributed by atoms with E-state index in [1.165, 1.54) is 23.0 Å². The number of rotatable bonds is 7. The normalized spacial score (nSPS) is 11.3. The van der Waals surface area contributed by atoms with Gasteiger partial charge in [-0.25, -0.2) is 8.42 Å². The van der Waals surface area contributed by atoms with E-state index in [0.717, 1.165) is 6.26 Å². The van der Waals surface area contributed by atoms with Crippen LogP contribution in [0.1, 0.15) is 28.4 Å². The fourth-order valence-electron chi connectivity index (χ4n) is 2.59. The minimum Gasteiger partial charge on any atom is -0.380 e. The Kier molecular flexibility index (Phi) is 5.32. The molecule has 1 aromatic heterocycles. The summed E-state index contributed by atoms with van der Waals surface area (Å²) in [6.07, 6.45) is 4.06. The van der Waals surface area contributed by atoms with Crippen molar-refractivity contribution in [2.24, 2.45) is 0 Å². The topological polar surface area (TPSA) is 101 Å². The number of H-pyrrole nitrogens is 1. The maximum absolute atomic E-state index is 12.8. The molecule has 0 spiro atoms. The van der Waals surface area contributed by atoms with Crippen molar-refractivity contribution in [1.29, 1.82) is 0 Å². The second-order valence-corrected chi connectivity index (χ2v) is 7.60. The van der Waals surface area contributed by atoms with Crippen LogP contribution >= 0.6 is 0 Å². The Balaban J connectivity index is 2.62. The molecule has 134 valence electrons. The van der Waals surface area contributed by atoms with E-state index < -0.39 is 21.2 Å². The molecule has 8 heteroatoms. The fraction of sp³-hybridized carbons (Fsp3) is 0.294. The second-order valence-electron chi connectivity index (χ2n) is 5.62. The zero-order valence-electron chi connectivity index (χ0n) is 14.4. The zero-order valence-corrected chi connectivity index (χ0v) is 15.2. The number of anilines is 1. The molecule has 0 aliphatic rings. The maximum atomic E-state index is 12.8. The first-order valence-corrected chi connectivity index (χ1v) is 9.62. The van der Waals surface area contributed by atoms with E-state index in [2.05, 4.69) is 17.0 Å². The third-order valence-corrected chi connectivity index (χ3v) is 5.03. The van der Waals surface area contributed by atoms with Crippen LogP contribution in [0.4, 0.5) is 5.69 Å². The molecule has 7 nitrogen and oxygen atoms in total. The SMILES string of the molecule is C=CCNc1c(S(C)(=O)=O)ccc(C(=O)c2c[nH]n(CC)c2=O)c1C. The molecule has 25 heavy (non-hydrogen) atoms. The standard InChI is InChI=1S/C17H21N3O4S/c1-5-9-18-15-11(3)12(7-8-14(15)25(4,23)24)16(21)13-10-19-20(6-2)17(13)22/h5,7-8,10,18-19H,1,6,9H2,2-4H3. The van der Waals surface area contributed by atoms with Gasteiger partial charge in [-0.2, -0.15) is 0 Å². The van der Waals surface area contributed by atoms with Gasteiger partial charge in [-0.1, -0.05) is 6.08 Å². The Labute approximate surface area is 146 Å². The summed E-state index contributed by atoms with van der Waals surface area (Å²) >= 11 is 0. The van der Waals surface area contributed by atoms with Crippen molar-refractivity contribution in [2.45, 2.75) is 25.3 Å². The number of ketones is 1. The van der Waals surface area contributed by atoms with Gasteiger partial charge in [0.1, 0.15) is 5.56 Å². The second kappa shape index (κ2) is 7.10. The minimum atomic E-state index is -3.48. The summed E-state index contributed by atoms with van der Waals surface area (Å²) in [6.45, 7) is 7.80. The highest BCUT2D eigenvalue weighted by Crippen LogP contribution is 2.29. The van der Waals surface area contributed by atoms with Gasteiger partial charge in [0.15, 0.2) is 9.84 Å². The Morgan fingerprint density at radius 3 is 2.56 bits per heavy atom. The molecule has 1 heterocycles. The number of aromatic nitrogens is 2. The number of sulfone groups is 1. The van der Waals surface area contributed by atoms with Crippen LogP contribution in [0, 0.1) is 6.92 Å². The molecular formula is C17H21N3O4S. The van der Waals surface area contributed by atoms with Crippen molar-refractivity contribution in [3.05, 3.63) is 58.0 Å². The third kappa shape index (κ3) is 3.58. The van der Waals surface area contributed by atoms with Gasteiger partial charge < -0.3 is 10.4 Å². The number of aromatic amines is 1. The van der Waals surface area contributed by atoms with E-state index in [1.807, 2.05) is 0 Å². The summed E-state index contributed by atoms with van der Waals surface area (Å²) in [7, 11) is -3.48. The number of hydrogen-bond acceptors (Lipinski definition) is 5. The van der Waals surface area contributed by atoms with Crippen LogP contribution in [0.3, 0.4) is 0 Å². The molecule has 0 saturated carbocycles. The maximum Gasteiger partial charge on any atom is 0.277 e. The summed E-state index contributed by atoms with van der Waals surface area (Å²) in [6, 6.07) is 2.82. The summed E-state index contributed by atoms with van der Waals surface area (Å²) in [5.41, 5.74) is 0.711. The molecule has 0 aliphatic heterocycles. The molecule has 0 aliphatic carbocycles. The van der Waals surface area contributed by atoms with Crippen molar-refractivity contribution in [1.82, 2.24) is 9.78 Å². The molecular weight excluding hydrogens is 342 g/mol. The Morgan fingerprint density at radius 2 is 2.04 bits per heavy atom. The first-order chi connectivity index (χ1) is 11.7. The first kappa shape index (κ1) is 18.7. The Bertz CT molecular complexity index is 984. The van der Waals surface area contributed by atoms with Gasteiger partial charge in [0.2, 0.25) is 5.78 Å². The summed E-state index contributed by atoms with van der Waals surface area (Å²) in [4.78, 5) is 25.1. The molecule has 0 amide bonds. The van der Waals surface area contributed by atoms with Crippen LogP contribution in [-0.2, 0) is 16.4 Å². The van der Waals surface area contributed by atoms with E-state index in [1.54, 1.807) is 19.9 Å². The first-order valence-electron chi connectivity index (χ1n) is 7.73. The average Bonchev–Trinajstić information content (AvgIpc) is 2.92. The van der Waals surface area contributed by atoms with E-state index in [-0.39, 0.29) is 16.0 Å². The molecule has 2 N–H and O–H groups in total. The molecule has 0 fully saturated rings. The molecule has 0 radical (unpaired) electrons. The highest BCUT2D eigenvalue weighted by Gasteiger charge is 2.23. The van der Waals surface area contributed by atoms with E-state index >= 15 is 0 Å². The predicted octanol–water partition coefficient (Wildman–Crippen LogP) is 1.74. The van der Waals surface area contributed by atoms with Gasteiger partial charge in [0.25, 0.3) is 5.56 Å². The summed E-state index contributed by atoms with van der Waals surface area (Å²) in [5.74, 6) is -0.451. The average molecular weight is 363 g/mol. The zero-order chi connectivity index (χ0) is 18.8. The van der Waals surface area contributed by atoms with Crippen molar-refractivity contribution >= 4 is 21.3 Å². The molecule has 2 aromatic rings. The number of nitrogens with zero attached hydrogens (tertiary/aromatic N) is 1. The van der Waals surface area contributed by atoms with Gasteiger partial charge in [0.05, 0.1) is 10.6 Å². The van der Waals surface area contributed by atoms with Crippen LogP contribution in [0.25, 0.3) is 0 Å². The molecule has 2 rings (SSSR count). The predicted molar refractivity (Wildman–Crippen MR) is 97.1 cm³/mol. The number of benzene rings is 1. The van der Waals surface area contributed by atoms with Gasteiger partial charge >= 0.3 is 0 Å². The lowest BCUT2D eigenvalue weighted by molar-refractivity contribution is 0.103. The summed E-state index contributed by atoms with van der Waals surface area (Å²) in [5, 5.41) is 5.71. The van der Waals surface area contributed by atoms with Crippen molar-refractivity contribution in [3.63, 3.8) is 0 Å². The number of hydrogen-bond donors (Lipinski definition) is 2. The lowest BCUT2D eigenvalue weighted by atomic mass is 9.99. The number of carbonyl (C=O) groups excluding carboxylic acids is 1. The monoisotopic (exact) mass is 363 g/mol. The molecule has 1 aromatic carbocycles. The highest BCUT2D eigenvalue weighted by molar-refractivity contribution is 7.90. The van der Waals surface area contributed by atoms with E-state index in [0.29, 0.717) is 24.3 Å². The number of aryl methyl sites for hydroxylation is 1. The van der Waals surface area contributed by atoms with E-state index in [9.17, 15) is 18.0 Å².